The Morgan fingerprint density at radius 3 is 1.93 bits per heavy atom. The van der Waals surface area contributed by atoms with Gasteiger partial charge in [0.25, 0.3) is 5.91 Å². The number of carbonyl (C=O) groups excluding carboxylic acids is 1. The van der Waals surface area contributed by atoms with Crippen LogP contribution < -0.4 is 10.1 Å². The van der Waals surface area contributed by atoms with Crippen molar-refractivity contribution in [3.05, 3.63) is 83.9 Å². The zero-order valence-corrected chi connectivity index (χ0v) is 16.0. The molecule has 0 atom stereocenters. The van der Waals surface area contributed by atoms with Gasteiger partial charge in [0.05, 0.1) is 7.11 Å². The summed E-state index contributed by atoms with van der Waals surface area (Å²) >= 11 is 0. The van der Waals surface area contributed by atoms with E-state index in [-0.39, 0.29) is 5.91 Å². The molecule has 0 radical (unpaired) electrons. The minimum absolute atomic E-state index is 0.201. The van der Waals surface area contributed by atoms with Crippen LogP contribution in [0, 0.1) is 6.92 Å². The van der Waals surface area contributed by atoms with Crippen molar-refractivity contribution in [2.45, 2.75) is 6.92 Å². The number of amides is 1. The molecule has 0 aliphatic carbocycles. The van der Waals surface area contributed by atoms with Crippen LogP contribution in [0.15, 0.2) is 77.2 Å². The van der Waals surface area contributed by atoms with Gasteiger partial charge >= 0.3 is 0 Å². The van der Waals surface area contributed by atoms with E-state index in [1.54, 1.807) is 55.6 Å². The topological polar surface area (TPSA) is 77.2 Å². The maximum absolute atomic E-state index is 12.4. The quantitative estimate of drug-likeness (QED) is 0.525. The molecule has 0 spiro atoms. The van der Waals surface area contributed by atoms with E-state index < -0.39 is 0 Å². The fourth-order valence-electron chi connectivity index (χ4n) is 2.79. The molecule has 3 aromatic carbocycles. The van der Waals surface area contributed by atoms with Crippen LogP contribution in [0.4, 0.5) is 5.69 Å². The number of anilines is 1. The molecule has 6 nitrogen and oxygen atoms in total. The lowest BCUT2D eigenvalue weighted by Gasteiger charge is -2.06. The van der Waals surface area contributed by atoms with Gasteiger partial charge < -0.3 is 14.5 Å². The molecule has 29 heavy (non-hydrogen) atoms. The predicted molar refractivity (Wildman–Crippen MR) is 111 cm³/mol. The molecular formula is C23H19N3O3. The molecule has 0 bridgehead atoms. The molecule has 1 N–H and O–H groups in total. The molecular weight excluding hydrogens is 366 g/mol. The predicted octanol–water partition coefficient (Wildman–Crippen LogP) is 4.97. The maximum atomic E-state index is 12.4. The smallest absolute Gasteiger partial charge is 0.255 e. The summed E-state index contributed by atoms with van der Waals surface area (Å²) in [6.45, 7) is 2.02. The van der Waals surface area contributed by atoms with Gasteiger partial charge in [-0.2, -0.15) is 0 Å². The van der Waals surface area contributed by atoms with Crippen molar-refractivity contribution >= 4 is 11.6 Å². The summed E-state index contributed by atoms with van der Waals surface area (Å²) in [6.07, 6.45) is 0. The molecule has 4 rings (SSSR count). The number of aromatic nitrogens is 2. The molecule has 6 heteroatoms. The van der Waals surface area contributed by atoms with Crippen LogP contribution in [0.3, 0.4) is 0 Å². The minimum atomic E-state index is -0.201. The number of aryl methyl sites for hydroxylation is 1. The summed E-state index contributed by atoms with van der Waals surface area (Å²) in [4.78, 5) is 12.4. The molecule has 0 saturated carbocycles. The van der Waals surface area contributed by atoms with E-state index in [0.717, 1.165) is 22.4 Å². The molecule has 0 unspecified atom stereocenters. The molecule has 4 aromatic rings. The summed E-state index contributed by atoms with van der Waals surface area (Å²) in [5.74, 6) is 1.40. The second-order valence-corrected chi connectivity index (χ2v) is 6.54. The lowest BCUT2D eigenvalue weighted by atomic mass is 10.1. The SMILES string of the molecule is COc1ccc(NC(=O)c2ccc(-c3nnc(-c4ccc(C)cc4)o3)cc2)cc1. The summed E-state index contributed by atoms with van der Waals surface area (Å²) in [7, 11) is 1.60. The standard InChI is InChI=1S/C23H19N3O3/c1-15-3-5-17(6-4-15)22-25-26-23(29-22)18-9-7-16(8-10-18)21(27)24-19-11-13-20(28-2)14-12-19/h3-14H,1-2H3,(H,24,27). The molecule has 0 aliphatic rings. The van der Waals surface area contributed by atoms with Gasteiger partial charge in [-0.05, 0) is 67.6 Å². The van der Waals surface area contributed by atoms with Crippen molar-refractivity contribution in [2.75, 3.05) is 12.4 Å². The van der Waals surface area contributed by atoms with Crippen molar-refractivity contribution in [2.24, 2.45) is 0 Å². The Morgan fingerprint density at radius 2 is 1.38 bits per heavy atom. The van der Waals surface area contributed by atoms with Crippen LogP contribution in [0.25, 0.3) is 22.9 Å². The number of methoxy groups -OCH3 is 1. The highest BCUT2D eigenvalue weighted by molar-refractivity contribution is 6.04. The number of benzene rings is 3. The normalized spacial score (nSPS) is 10.6. The Labute approximate surface area is 168 Å². The third kappa shape index (κ3) is 4.16. The second-order valence-electron chi connectivity index (χ2n) is 6.54. The average Bonchev–Trinajstić information content (AvgIpc) is 3.25. The molecule has 0 saturated heterocycles. The largest absolute Gasteiger partial charge is 0.497 e. The number of nitrogens with one attached hydrogen (secondary N) is 1. The summed E-state index contributed by atoms with van der Waals surface area (Å²) < 4.78 is 10.9. The van der Waals surface area contributed by atoms with E-state index in [0.29, 0.717) is 23.0 Å². The first-order valence-corrected chi connectivity index (χ1v) is 9.09. The first-order valence-electron chi connectivity index (χ1n) is 9.09. The summed E-state index contributed by atoms with van der Waals surface area (Å²) in [5.41, 5.74) is 4.00. The van der Waals surface area contributed by atoms with E-state index in [1.165, 1.54) is 0 Å². The van der Waals surface area contributed by atoms with Gasteiger partial charge in [0.2, 0.25) is 11.8 Å². The average molecular weight is 385 g/mol. The number of rotatable bonds is 5. The van der Waals surface area contributed by atoms with Crippen molar-refractivity contribution in [1.29, 1.82) is 0 Å². The highest BCUT2D eigenvalue weighted by Gasteiger charge is 2.12. The number of carbonyl (C=O) groups is 1. The van der Waals surface area contributed by atoms with E-state index in [4.69, 9.17) is 9.15 Å². The summed E-state index contributed by atoms with van der Waals surface area (Å²) in [5, 5.41) is 11.1. The van der Waals surface area contributed by atoms with Crippen LogP contribution >= 0.6 is 0 Å². The zero-order chi connectivity index (χ0) is 20.2. The van der Waals surface area contributed by atoms with Crippen LogP contribution in [0.1, 0.15) is 15.9 Å². The Hall–Kier alpha value is -3.93. The Balaban J connectivity index is 1.47. The van der Waals surface area contributed by atoms with E-state index in [9.17, 15) is 4.79 Å². The van der Waals surface area contributed by atoms with Crippen LogP contribution in [-0.4, -0.2) is 23.2 Å². The fourth-order valence-corrected chi connectivity index (χ4v) is 2.79. The first-order chi connectivity index (χ1) is 14.1. The lowest BCUT2D eigenvalue weighted by Crippen LogP contribution is -2.11. The molecule has 144 valence electrons. The number of nitrogens with zero attached hydrogens (tertiary/aromatic N) is 2. The minimum Gasteiger partial charge on any atom is -0.497 e. The van der Waals surface area contributed by atoms with Gasteiger partial charge in [0.1, 0.15) is 5.75 Å². The van der Waals surface area contributed by atoms with Crippen LogP contribution in [0.2, 0.25) is 0 Å². The highest BCUT2D eigenvalue weighted by atomic mass is 16.5. The Morgan fingerprint density at radius 1 is 0.828 bits per heavy atom. The van der Waals surface area contributed by atoms with Gasteiger partial charge in [-0.3, -0.25) is 4.79 Å². The van der Waals surface area contributed by atoms with E-state index >= 15 is 0 Å². The molecule has 0 fully saturated rings. The van der Waals surface area contributed by atoms with E-state index in [2.05, 4.69) is 15.5 Å². The number of hydrogen-bond acceptors (Lipinski definition) is 5. The molecule has 1 aromatic heterocycles. The number of ether oxygens (including phenoxy) is 1. The molecule has 0 aliphatic heterocycles. The van der Waals surface area contributed by atoms with Crippen molar-refractivity contribution in [3.63, 3.8) is 0 Å². The van der Waals surface area contributed by atoms with Gasteiger partial charge in [-0.1, -0.05) is 17.7 Å². The lowest BCUT2D eigenvalue weighted by molar-refractivity contribution is 0.102. The monoisotopic (exact) mass is 385 g/mol. The first kappa shape index (κ1) is 18.4. The second kappa shape index (κ2) is 7.98. The van der Waals surface area contributed by atoms with Gasteiger partial charge in [-0.15, -0.1) is 10.2 Å². The Bertz CT molecular complexity index is 1120. The maximum Gasteiger partial charge on any atom is 0.255 e. The number of hydrogen-bond donors (Lipinski definition) is 1. The van der Waals surface area contributed by atoms with Crippen LogP contribution in [-0.2, 0) is 0 Å². The van der Waals surface area contributed by atoms with Crippen molar-refractivity contribution in [1.82, 2.24) is 10.2 Å². The molecule has 1 heterocycles. The molecule has 1 amide bonds. The van der Waals surface area contributed by atoms with Gasteiger partial charge in [-0.25, -0.2) is 0 Å². The van der Waals surface area contributed by atoms with Crippen molar-refractivity contribution in [3.8, 4) is 28.7 Å². The fraction of sp³-hybridized carbons (Fsp3) is 0.0870. The third-order valence-electron chi connectivity index (χ3n) is 4.47. The van der Waals surface area contributed by atoms with E-state index in [1.807, 2.05) is 31.2 Å². The van der Waals surface area contributed by atoms with Gasteiger partial charge in [0.15, 0.2) is 0 Å². The van der Waals surface area contributed by atoms with Gasteiger partial charge in [0, 0.05) is 22.4 Å². The zero-order valence-electron chi connectivity index (χ0n) is 16.0. The van der Waals surface area contributed by atoms with Crippen LogP contribution in [0.5, 0.6) is 5.75 Å². The Kier molecular flexibility index (Phi) is 5.07. The van der Waals surface area contributed by atoms with Crippen molar-refractivity contribution < 1.29 is 13.9 Å². The third-order valence-corrected chi connectivity index (χ3v) is 4.47. The summed E-state index contributed by atoms with van der Waals surface area (Å²) in [6, 6.07) is 22.1. The highest BCUT2D eigenvalue weighted by Crippen LogP contribution is 2.24.